The Kier molecular flexibility index (Phi) is 3.46. The molecule has 0 radical (unpaired) electrons. The minimum Gasteiger partial charge on any atom is -0.485 e. The minimum atomic E-state index is -0.400. The Morgan fingerprint density at radius 2 is 2.25 bits per heavy atom. The van der Waals surface area contributed by atoms with Gasteiger partial charge in [0.1, 0.15) is 17.4 Å². The van der Waals surface area contributed by atoms with E-state index in [1.807, 2.05) is 0 Å². The maximum Gasteiger partial charge on any atom is 0.341 e. The number of ether oxygens (including phenoxy) is 3. The highest BCUT2D eigenvalue weighted by molar-refractivity contribution is 9.10. The van der Waals surface area contributed by atoms with Crippen LogP contribution >= 0.6 is 15.9 Å². The van der Waals surface area contributed by atoms with Crippen LogP contribution in [0.15, 0.2) is 22.7 Å². The lowest BCUT2D eigenvalue weighted by atomic mass is 10.2. The molecule has 0 amide bonds. The molecule has 0 spiro atoms. The zero-order valence-electron chi connectivity index (χ0n) is 8.73. The van der Waals surface area contributed by atoms with Gasteiger partial charge in [0.15, 0.2) is 0 Å². The molecule has 0 bridgehead atoms. The third-order valence-electron chi connectivity index (χ3n) is 2.25. The van der Waals surface area contributed by atoms with Gasteiger partial charge in [-0.05, 0) is 18.2 Å². The molecule has 1 saturated heterocycles. The van der Waals surface area contributed by atoms with Gasteiger partial charge in [-0.15, -0.1) is 0 Å². The molecule has 1 fully saturated rings. The topological polar surface area (TPSA) is 44.8 Å². The Balaban J connectivity index is 2.24. The van der Waals surface area contributed by atoms with Gasteiger partial charge in [0.2, 0.25) is 0 Å². The van der Waals surface area contributed by atoms with Gasteiger partial charge in [-0.1, -0.05) is 15.9 Å². The van der Waals surface area contributed by atoms with E-state index in [9.17, 15) is 4.79 Å². The molecule has 4 nitrogen and oxygen atoms in total. The Labute approximate surface area is 102 Å². The van der Waals surface area contributed by atoms with Gasteiger partial charge in [-0.3, -0.25) is 0 Å². The third-order valence-corrected chi connectivity index (χ3v) is 2.74. The summed E-state index contributed by atoms with van der Waals surface area (Å²) < 4.78 is 16.2. The van der Waals surface area contributed by atoms with E-state index in [0.717, 1.165) is 4.47 Å². The largest absolute Gasteiger partial charge is 0.485 e. The maximum atomic E-state index is 11.5. The van der Waals surface area contributed by atoms with Crippen LogP contribution in [0.4, 0.5) is 0 Å². The first-order chi connectivity index (χ1) is 7.70. The van der Waals surface area contributed by atoms with Crippen molar-refractivity contribution in [2.75, 3.05) is 20.3 Å². The molecule has 0 aliphatic carbocycles. The van der Waals surface area contributed by atoms with Crippen molar-refractivity contribution >= 4 is 21.9 Å². The van der Waals surface area contributed by atoms with Crippen LogP contribution in [0.5, 0.6) is 5.75 Å². The summed E-state index contributed by atoms with van der Waals surface area (Å²) in [6, 6.07) is 5.20. The molecule has 86 valence electrons. The van der Waals surface area contributed by atoms with Crippen LogP contribution in [-0.2, 0) is 9.47 Å². The molecule has 0 unspecified atom stereocenters. The SMILES string of the molecule is COC(=O)c1ccc(Br)cc1OC1COC1. The van der Waals surface area contributed by atoms with Crippen molar-refractivity contribution < 1.29 is 19.0 Å². The highest BCUT2D eigenvalue weighted by Crippen LogP contribution is 2.26. The summed E-state index contributed by atoms with van der Waals surface area (Å²) in [5.41, 5.74) is 0.428. The van der Waals surface area contributed by atoms with Crippen LogP contribution in [0.3, 0.4) is 0 Å². The molecular weight excluding hydrogens is 276 g/mol. The van der Waals surface area contributed by atoms with Crippen molar-refractivity contribution in [2.45, 2.75) is 6.10 Å². The lowest BCUT2D eigenvalue weighted by Crippen LogP contribution is -2.38. The highest BCUT2D eigenvalue weighted by atomic mass is 79.9. The van der Waals surface area contributed by atoms with Crippen molar-refractivity contribution in [2.24, 2.45) is 0 Å². The van der Waals surface area contributed by atoms with E-state index in [1.165, 1.54) is 7.11 Å². The maximum absolute atomic E-state index is 11.5. The molecule has 1 aliphatic rings. The Bertz CT molecular complexity index is 401. The second kappa shape index (κ2) is 4.84. The lowest BCUT2D eigenvalue weighted by molar-refractivity contribution is -0.0799. The molecule has 0 N–H and O–H groups in total. The number of hydrogen-bond donors (Lipinski definition) is 0. The van der Waals surface area contributed by atoms with E-state index in [2.05, 4.69) is 20.7 Å². The summed E-state index contributed by atoms with van der Waals surface area (Å²) in [7, 11) is 1.35. The number of carbonyl (C=O) groups excluding carboxylic acids is 1. The van der Waals surface area contributed by atoms with E-state index in [0.29, 0.717) is 24.5 Å². The average molecular weight is 287 g/mol. The summed E-state index contributed by atoms with van der Waals surface area (Å²) in [5.74, 6) is 0.122. The van der Waals surface area contributed by atoms with E-state index in [-0.39, 0.29) is 6.10 Å². The van der Waals surface area contributed by atoms with Crippen molar-refractivity contribution in [3.63, 3.8) is 0 Å². The fourth-order valence-corrected chi connectivity index (χ4v) is 1.67. The van der Waals surface area contributed by atoms with Crippen molar-refractivity contribution in [3.8, 4) is 5.75 Å². The van der Waals surface area contributed by atoms with E-state index in [1.54, 1.807) is 18.2 Å². The number of hydrogen-bond acceptors (Lipinski definition) is 4. The molecule has 1 heterocycles. The Morgan fingerprint density at radius 3 is 2.81 bits per heavy atom. The minimum absolute atomic E-state index is 0.0257. The Hall–Kier alpha value is -1.07. The van der Waals surface area contributed by atoms with Crippen LogP contribution in [0, 0.1) is 0 Å². The molecule has 0 aromatic heterocycles. The van der Waals surface area contributed by atoms with Gasteiger partial charge in [0.25, 0.3) is 0 Å². The lowest BCUT2D eigenvalue weighted by Gasteiger charge is -2.27. The predicted molar refractivity (Wildman–Crippen MR) is 60.7 cm³/mol. The van der Waals surface area contributed by atoms with Gasteiger partial charge in [0, 0.05) is 4.47 Å². The van der Waals surface area contributed by atoms with E-state index >= 15 is 0 Å². The highest BCUT2D eigenvalue weighted by Gasteiger charge is 2.23. The molecule has 2 rings (SSSR count). The number of carbonyl (C=O) groups is 1. The zero-order chi connectivity index (χ0) is 11.5. The fraction of sp³-hybridized carbons (Fsp3) is 0.364. The number of benzene rings is 1. The molecule has 1 aromatic carbocycles. The van der Waals surface area contributed by atoms with Crippen LogP contribution in [0.2, 0.25) is 0 Å². The summed E-state index contributed by atoms with van der Waals surface area (Å²) in [6.45, 7) is 1.13. The second-order valence-electron chi connectivity index (χ2n) is 3.41. The van der Waals surface area contributed by atoms with Crippen molar-refractivity contribution in [1.29, 1.82) is 0 Å². The first-order valence-corrected chi connectivity index (χ1v) is 5.62. The number of rotatable bonds is 3. The van der Waals surface area contributed by atoms with Crippen LogP contribution in [0.25, 0.3) is 0 Å². The van der Waals surface area contributed by atoms with E-state index in [4.69, 9.17) is 9.47 Å². The number of esters is 1. The van der Waals surface area contributed by atoms with Crippen molar-refractivity contribution in [3.05, 3.63) is 28.2 Å². The summed E-state index contributed by atoms with van der Waals surface area (Å²) >= 11 is 3.33. The summed E-state index contributed by atoms with van der Waals surface area (Å²) in [5, 5.41) is 0. The van der Waals surface area contributed by atoms with Crippen LogP contribution in [0.1, 0.15) is 10.4 Å². The van der Waals surface area contributed by atoms with Crippen LogP contribution < -0.4 is 4.74 Å². The van der Waals surface area contributed by atoms with Crippen molar-refractivity contribution in [1.82, 2.24) is 0 Å². The number of halogens is 1. The molecule has 1 aliphatic heterocycles. The first kappa shape index (κ1) is 11.4. The zero-order valence-corrected chi connectivity index (χ0v) is 10.3. The normalized spacial score (nSPS) is 15.4. The molecule has 5 heteroatoms. The van der Waals surface area contributed by atoms with E-state index < -0.39 is 5.97 Å². The van der Waals surface area contributed by atoms with Crippen LogP contribution in [-0.4, -0.2) is 32.4 Å². The quantitative estimate of drug-likeness (QED) is 0.798. The second-order valence-corrected chi connectivity index (χ2v) is 4.33. The first-order valence-electron chi connectivity index (χ1n) is 4.83. The van der Waals surface area contributed by atoms with Gasteiger partial charge < -0.3 is 14.2 Å². The standard InChI is InChI=1S/C11H11BrO4/c1-14-11(13)9-3-2-7(12)4-10(9)16-8-5-15-6-8/h2-4,8H,5-6H2,1H3. The smallest absolute Gasteiger partial charge is 0.341 e. The molecule has 1 aromatic rings. The molecule has 0 saturated carbocycles. The predicted octanol–water partition coefficient (Wildman–Crippen LogP) is 2.01. The summed E-state index contributed by atoms with van der Waals surface area (Å²) in [6.07, 6.45) is 0.0257. The number of methoxy groups -OCH3 is 1. The van der Waals surface area contributed by atoms with Gasteiger partial charge in [-0.25, -0.2) is 4.79 Å². The Morgan fingerprint density at radius 1 is 1.50 bits per heavy atom. The van der Waals surface area contributed by atoms with Gasteiger partial charge in [-0.2, -0.15) is 0 Å². The molecular formula is C11H11BrO4. The average Bonchev–Trinajstić information content (AvgIpc) is 2.22. The van der Waals surface area contributed by atoms with Gasteiger partial charge in [0.05, 0.1) is 20.3 Å². The van der Waals surface area contributed by atoms with Gasteiger partial charge >= 0.3 is 5.97 Å². The fourth-order valence-electron chi connectivity index (χ4n) is 1.33. The molecule has 0 atom stereocenters. The third kappa shape index (κ3) is 2.36. The summed E-state index contributed by atoms with van der Waals surface area (Å²) in [4.78, 5) is 11.5. The molecule has 16 heavy (non-hydrogen) atoms. The monoisotopic (exact) mass is 286 g/mol.